The summed E-state index contributed by atoms with van der Waals surface area (Å²) in [5, 5.41) is 0. The molecule has 3 heterocycles. The second-order valence-corrected chi connectivity index (χ2v) is 11.0. The zero-order valence-corrected chi connectivity index (χ0v) is 23.9. The van der Waals surface area contributed by atoms with Crippen LogP contribution in [0.1, 0.15) is 39.1 Å². The number of amides is 3. The summed E-state index contributed by atoms with van der Waals surface area (Å²) in [6.45, 7) is 5.47. The van der Waals surface area contributed by atoms with Crippen LogP contribution in [0, 0.1) is 5.92 Å². The zero-order chi connectivity index (χ0) is 29.1. The van der Waals surface area contributed by atoms with Crippen molar-refractivity contribution in [2.45, 2.75) is 12.8 Å². The molecular weight excluding hydrogens is 528 g/mol. The minimum atomic E-state index is -0.318. The molecule has 0 atom stereocenters. The number of piperidine rings is 1. The van der Waals surface area contributed by atoms with Gasteiger partial charge < -0.3 is 14.5 Å². The highest BCUT2D eigenvalue weighted by atomic mass is 16.5. The van der Waals surface area contributed by atoms with Crippen LogP contribution in [-0.2, 0) is 4.79 Å². The topological polar surface area (TPSA) is 73.4 Å². The number of nitrogens with zero attached hydrogens (tertiary/aromatic N) is 4. The van der Waals surface area contributed by atoms with Crippen LogP contribution < -0.4 is 14.5 Å². The molecule has 2 fully saturated rings. The lowest BCUT2D eigenvalue weighted by Gasteiger charge is -2.39. The first-order chi connectivity index (χ1) is 20.5. The van der Waals surface area contributed by atoms with E-state index in [4.69, 9.17) is 4.74 Å². The SMILES string of the molecule is COc1ccc(N2C(=O)c3cccc(N4CCC(C(=O)N5CCN(C/C=C/c6ccccc6)CC5)CC4)c3C2=O)cc1. The van der Waals surface area contributed by atoms with Gasteiger partial charge in [-0.25, -0.2) is 4.90 Å². The maximum Gasteiger partial charge on any atom is 0.268 e. The van der Waals surface area contributed by atoms with Gasteiger partial charge in [0.1, 0.15) is 5.75 Å². The van der Waals surface area contributed by atoms with Gasteiger partial charge in [0.2, 0.25) is 5.91 Å². The number of imide groups is 1. The molecule has 6 rings (SSSR count). The number of hydrogen-bond donors (Lipinski definition) is 0. The van der Waals surface area contributed by atoms with Gasteiger partial charge in [-0.3, -0.25) is 19.3 Å². The number of benzene rings is 3. The molecule has 2 saturated heterocycles. The Morgan fingerprint density at radius 3 is 2.24 bits per heavy atom. The van der Waals surface area contributed by atoms with Crippen molar-refractivity contribution in [1.82, 2.24) is 9.80 Å². The van der Waals surface area contributed by atoms with E-state index >= 15 is 0 Å². The summed E-state index contributed by atoms with van der Waals surface area (Å²) in [7, 11) is 1.58. The highest BCUT2D eigenvalue weighted by molar-refractivity contribution is 6.36. The Morgan fingerprint density at radius 1 is 0.833 bits per heavy atom. The average Bonchev–Trinajstić information content (AvgIpc) is 3.31. The third-order valence-electron chi connectivity index (χ3n) is 8.57. The van der Waals surface area contributed by atoms with Crippen LogP contribution in [0.2, 0.25) is 0 Å². The maximum atomic E-state index is 13.5. The molecule has 0 bridgehead atoms. The maximum absolute atomic E-state index is 13.5. The molecule has 3 aliphatic rings. The first-order valence-electron chi connectivity index (χ1n) is 14.7. The highest BCUT2D eigenvalue weighted by Crippen LogP contribution is 2.36. The van der Waals surface area contributed by atoms with E-state index in [2.05, 4.69) is 34.1 Å². The average molecular weight is 565 g/mol. The summed E-state index contributed by atoms with van der Waals surface area (Å²) in [5.41, 5.74) is 3.35. The quantitative estimate of drug-likeness (QED) is 0.392. The van der Waals surface area contributed by atoms with E-state index in [9.17, 15) is 14.4 Å². The smallest absolute Gasteiger partial charge is 0.268 e. The number of fused-ring (bicyclic) bond motifs is 1. The Labute approximate surface area is 246 Å². The first kappa shape index (κ1) is 27.7. The second-order valence-electron chi connectivity index (χ2n) is 11.0. The van der Waals surface area contributed by atoms with Crippen molar-refractivity contribution >= 4 is 35.2 Å². The Morgan fingerprint density at radius 2 is 1.55 bits per heavy atom. The number of methoxy groups -OCH3 is 1. The summed E-state index contributed by atoms with van der Waals surface area (Å²) < 4.78 is 5.22. The van der Waals surface area contributed by atoms with E-state index in [-0.39, 0.29) is 23.6 Å². The monoisotopic (exact) mass is 564 g/mol. The zero-order valence-electron chi connectivity index (χ0n) is 23.9. The van der Waals surface area contributed by atoms with E-state index in [0.29, 0.717) is 35.7 Å². The van der Waals surface area contributed by atoms with Crippen molar-refractivity contribution in [2.24, 2.45) is 5.92 Å². The number of carbonyl (C=O) groups is 3. The first-order valence-corrected chi connectivity index (χ1v) is 14.7. The molecule has 8 heteroatoms. The third-order valence-corrected chi connectivity index (χ3v) is 8.57. The van der Waals surface area contributed by atoms with E-state index in [1.54, 1.807) is 37.4 Å². The Bertz CT molecular complexity index is 1470. The second kappa shape index (κ2) is 12.2. The molecule has 0 radical (unpaired) electrons. The van der Waals surface area contributed by atoms with Crippen LogP contribution in [0.15, 0.2) is 78.9 Å². The van der Waals surface area contributed by atoms with Crippen LogP contribution >= 0.6 is 0 Å². The molecule has 42 heavy (non-hydrogen) atoms. The van der Waals surface area contributed by atoms with Crippen LogP contribution in [0.5, 0.6) is 5.75 Å². The van der Waals surface area contributed by atoms with Crippen molar-refractivity contribution in [3.8, 4) is 5.75 Å². The van der Waals surface area contributed by atoms with Gasteiger partial charge in [-0.15, -0.1) is 0 Å². The van der Waals surface area contributed by atoms with E-state index in [1.807, 2.05) is 35.2 Å². The summed E-state index contributed by atoms with van der Waals surface area (Å²) >= 11 is 0. The van der Waals surface area contributed by atoms with E-state index in [1.165, 1.54) is 10.5 Å². The molecule has 3 aromatic rings. The van der Waals surface area contributed by atoms with Gasteiger partial charge in [0.25, 0.3) is 11.8 Å². The number of anilines is 2. The Kier molecular flexibility index (Phi) is 8.06. The lowest BCUT2D eigenvalue weighted by atomic mass is 9.93. The van der Waals surface area contributed by atoms with Gasteiger partial charge in [0, 0.05) is 51.7 Å². The number of carbonyl (C=O) groups excluding carboxylic acids is 3. The van der Waals surface area contributed by atoms with Crippen molar-refractivity contribution in [1.29, 1.82) is 0 Å². The van der Waals surface area contributed by atoms with Crippen LogP contribution in [0.3, 0.4) is 0 Å². The molecule has 0 aliphatic carbocycles. The van der Waals surface area contributed by atoms with Crippen molar-refractivity contribution in [2.75, 3.05) is 62.7 Å². The predicted octanol–water partition coefficient (Wildman–Crippen LogP) is 4.57. The fourth-order valence-corrected chi connectivity index (χ4v) is 6.18. The van der Waals surface area contributed by atoms with Crippen LogP contribution in [-0.4, -0.2) is 80.4 Å². The lowest BCUT2D eigenvalue weighted by Crippen LogP contribution is -2.51. The number of hydrogen-bond acceptors (Lipinski definition) is 6. The van der Waals surface area contributed by atoms with Crippen LogP contribution in [0.25, 0.3) is 6.08 Å². The lowest BCUT2D eigenvalue weighted by molar-refractivity contribution is -0.137. The van der Waals surface area contributed by atoms with Gasteiger partial charge in [-0.2, -0.15) is 0 Å². The predicted molar refractivity (Wildman–Crippen MR) is 164 cm³/mol. The molecule has 3 aromatic carbocycles. The minimum Gasteiger partial charge on any atom is -0.497 e. The van der Waals surface area contributed by atoms with Gasteiger partial charge in [-0.1, -0.05) is 48.6 Å². The van der Waals surface area contributed by atoms with Crippen molar-refractivity contribution in [3.63, 3.8) is 0 Å². The van der Waals surface area contributed by atoms with E-state index in [0.717, 1.165) is 51.3 Å². The van der Waals surface area contributed by atoms with E-state index < -0.39 is 0 Å². The summed E-state index contributed by atoms with van der Waals surface area (Å²) in [6, 6.07) is 22.7. The normalized spacial score (nSPS) is 18.2. The van der Waals surface area contributed by atoms with Gasteiger partial charge >= 0.3 is 0 Å². The molecule has 0 saturated carbocycles. The summed E-state index contributed by atoms with van der Waals surface area (Å²) in [6.07, 6.45) is 5.80. The fourth-order valence-electron chi connectivity index (χ4n) is 6.18. The molecular formula is C34H36N4O4. The molecule has 0 unspecified atom stereocenters. The van der Waals surface area contributed by atoms with Crippen molar-refractivity contribution < 1.29 is 19.1 Å². The largest absolute Gasteiger partial charge is 0.497 e. The summed E-state index contributed by atoms with van der Waals surface area (Å²) in [5.74, 6) is 0.249. The van der Waals surface area contributed by atoms with Crippen LogP contribution in [0.4, 0.5) is 11.4 Å². The summed E-state index contributed by atoms with van der Waals surface area (Å²) in [4.78, 5) is 48.0. The number of piperazine rings is 1. The molecule has 0 aromatic heterocycles. The molecule has 3 amide bonds. The third kappa shape index (κ3) is 5.54. The molecule has 216 valence electrons. The Balaban J connectivity index is 1.04. The van der Waals surface area contributed by atoms with Gasteiger partial charge in [0.15, 0.2) is 0 Å². The molecule has 0 N–H and O–H groups in total. The van der Waals surface area contributed by atoms with Crippen molar-refractivity contribution in [3.05, 3.63) is 95.6 Å². The fraction of sp³-hybridized carbons (Fsp3) is 0.324. The van der Waals surface area contributed by atoms with Gasteiger partial charge in [-0.05, 0) is 54.8 Å². The molecule has 0 spiro atoms. The standard InChI is InChI=1S/C34H36N4O4/c1-42-28-14-12-27(13-15-28)38-33(40)29-10-5-11-30(31(29)34(38)41)36-19-16-26(17-20-36)32(39)37-23-21-35(22-24-37)18-6-9-25-7-3-2-4-8-25/h2-15,26H,16-24H2,1H3/b9-6+. The number of ether oxygens (including phenoxy) is 1. The van der Waals surface area contributed by atoms with Gasteiger partial charge in [0.05, 0.1) is 29.6 Å². The number of rotatable bonds is 7. The molecule has 8 nitrogen and oxygen atoms in total. The Hall–Kier alpha value is -4.43. The highest BCUT2D eigenvalue weighted by Gasteiger charge is 2.40. The minimum absolute atomic E-state index is 0.0179. The molecule has 3 aliphatic heterocycles.